The van der Waals surface area contributed by atoms with E-state index in [-0.39, 0.29) is 6.61 Å². The van der Waals surface area contributed by atoms with Gasteiger partial charge in [-0.3, -0.25) is 0 Å². The number of nitrogens with zero attached hydrogens (tertiary/aromatic N) is 2. The largest absolute Gasteiger partial charge is 0.490 e. The van der Waals surface area contributed by atoms with Crippen LogP contribution in [0.15, 0.2) is 35.0 Å². The SMILES string of the molecule is CCOc1cc(C#N)ccc1OCc1ccno1. The van der Waals surface area contributed by atoms with Crippen molar-refractivity contribution in [2.75, 3.05) is 6.61 Å². The summed E-state index contributed by atoms with van der Waals surface area (Å²) in [5, 5.41) is 12.4. The Bertz CT molecular complexity index is 544. The van der Waals surface area contributed by atoms with Crippen LogP contribution in [0.5, 0.6) is 11.5 Å². The summed E-state index contributed by atoms with van der Waals surface area (Å²) in [5.41, 5.74) is 0.533. The molecule has 0 N–H and O–H groups in total. The lowest BCUT2D eigenvalue weighted by atomic mass is 10.2. The zero-order valence-corrected chi connectivity index (χ0v) is 9.92. The highest BCUT2D eigenvalue weighted by atomic mass is 16.5. The maximum Gasteiger partial charge on any atom is 0.174 e. The second-order valence-corrected chi connectivity index (χ2v) is 3.47. The van der Waals surface area contributed by atoms with Crippen LogP contribution >= 0.6 is 0 Å². The van der Waals surface area contributed by atoms with Crippen molar-refractivity contribution in [2.45, 2.75) is 13.5 Å². The molecule has 0 aliphatic heterocycles. The molecular weight excluding hydrogens is 232 g/mol. The van der Waals surface area contributed by atoms with Crippen LogP contribution in [0.3, 0.4) is 0 Å². The maximum absolute atomic E-state index is 8.83. The maximum atomic E-state index is 8.83. The summed E-state index contributed by atoms with van der Waals surface area (Å²) in [5.74, 6) is 1.75. The Morgan fingerprint density at radius 2 is 2.17 bits per heavy atom. The van der Waals surface area contributed by atoms with Crippen molar-refractivity contribution in [1.29, 1.82) is 5.26 Å². The van der Waals surface area contributed by atoms with Crippen LogP contribution in [0.2, 0.25) is 0 Å². The molecule has 0 atom stereocenters. The van der Waals surface area contributed by atoms with Crippen molar-refractivity contribution in [1.82, 2.24) is 5.16 Å². The number of ether oxygens (including phenoxy) is 2. The number of hydrogen-bond donors (Lipinski definition) is 0. The summed E-state index contributed by atoms with van der Waals surface area (Å²) in [6, 6.07) is 8.82. The van der Waals surface area contributed by atoms with Crippen LogP contribution in [0, 0.1) is 11.3 Å². The summed E-state index contributed by atoms with van der Waals surface area (Å²) in [6.45, 7) is 2.65. The third-order valence-corrected chi connectivity index (χ3v) is 2.23. The van der Waals surface area contributed by atoms with E-state index in [1.807, 2.05) is 6.92 Å². The first-order valence-corrected chi connectivity index (χ1v) is 5.52. The van der Waals surface area contributed by atoms with Crippen molar-refractivity contribution in [3.8, 4) is 17.6 Å². The standard InChI is InChI=1S/C13H12N2O3/c1-2-16-13-7-10(8-14)3-4-12(13)17-9-11-5-6-15-18-11/h3-7H,2,9H2,1H3. The van der Waals surface area contributed by atoms with Crippen LogP contribution in [0.25, 0.3) is 0 Å². The van der Waals surface area contributed by atoms with Crippen LogP contribution in [-0.4, -0.2) is 11.8 Å². The molecule has 5 heteroatoms. The summed E-state index contributed by atoms with van der Waals surface area (Å²) in [7, 11) is 0. The molecular formula is C13H12N2O3. The van der Waals surface area contributed by atoms with E-state index in [0.717, 1.165) is 0 Å². The molecule has 92 valence electrons. The average molecular weight is 244 g/mol. The van der Waals surface area contributed by atoms with Crippen LogP contribution in [-0.2, 0) is 6.61 Å². The van der Waals surface area contributed by atoms with E-state index in [4.69, 9.17) is 19.3 Å². The van der Waals surface area contributed by atoms with Crippen molar-refractivity contribution in [3.63, 3.8) is 0 Å². The summed E-state index contributed by atoms with van der Waals surface area (Å²) in [4.78, 5) is 0. The Hall–Kier alpha value is -2.48. The Balaban J connectivity index is 2.13. The number of aromatic nitrogens is 1. The number of hydrogen-bond acceptors (Lipinski definition) is 5. The predicted molar refractivity (Wildman–Crippen MR) is 63.2 cm³/mol. The van der Waals surface area contributed by atoms with Gasteiger partial charge >= 0.3 is 0 Å². The number of nitriles is 1. The minimum Gasteiger partial charge on any atom is -0.490 e. The quantitative estimate of drug-likeness (QED) is 0.808. The third-order valence-electron chi connectivity index (χ3n) is 2.23. The molecule has 18 heavy (non-hydrogen) atoms. The lowest BCUT2D eigenvalue weighted by Crippen LogP contribution is -1.99. The van der Waals surface area contributed by atoms with Crippen LogP contribution in [0.4, 0.5) is 0 Å². The molecule has 2 rings (SSSR count). The summed E-state index contributed by atoms with van der Waals surface area (Å²) < 4.78 is 15.9. The summed E-state index contributed by atoms with van der Waals surface area (Å²) in [6.07, 6.45) is 1.56. The zero-order chi connectivity index (χ0) is 12.8. The van der Waals surface area contributed by atoms with Crippen molar-refractivity contribution >= 4 is 0 Å². The van der Waals surface area contributed by atoms with Crippen molar-refractivity contribution in [2.24, 2.45) is 0 Å². The molecule has 0 unspecified atom stereocenters. The lowest BCUT2D eigenvalue weighted by molar-refractivity contribution is 0.233. The monoisotopic (exact) mass is 244 g/mol. The van der Waals surface area contributed by atoms with Gasteiger partial charge in [0.05, 0.1) is 24.4 Å². The third kappa shape index (κ3) is 2.80. The highest BCUT2D eigenvalue weighted by Gasteiger charge is 2.07. The molecule has 2 aromatic rings. The van der Waals surface area contributed by atoms with Gasteiger partial charge in [0.1, 0.15) is 6.61 Å². The molecule has 1 heterocycles. The molecule has 0 saturated heterocycles. The molecule has 0 saturated carbocycles. The van der Waals surface area contributed by atoms with Crippen molar-refractivity contribution < 1.29 is 14.0 Å². The second kappa shape index (κ2) is 5.73. The van der Waals surface area contributed by atoms with Gasteiger partial charge < -0.3 is 14.0 Å². The minimum atomic E-state index is 0.270. The Labute approximate surface area is 105 Å². The van der Waals surface area contributed by atoms with E-state index in [1.54, 1.807) is 30.5 Å². The molecule has 0 amide bonds. The summed E-state index contributed by atoms with van der Waals surface area (Å²) >= 11 is 0. The highest BCUT2D eigenvalue weighted by Crippen LogP contribution is 2.28. The van der Waals surface area contributed by atoms with Crippen LogP contribution in [0.1, 0.15) is 18.2 Å². The molecule has 0 aliphatic rings. The van der Waals surface area contributed by atoms with E-state index in [0.29, 0.717) is 29.4 Å². The molecule has 0 fully saturated rings. The van der Waals surface area contributed by atoms with Gasteiger partial charge in [0.25, 0.3) is 0 Å². The van der Waals surface area contributed by atoms with Gasteiger partial charge in [-0.15, -0.1) is 0 Å². The molecule has 5 nitrogen and oxygen atoms in total. The van der Waals surface area contributed by atoms with Crippen molar-refractivity contribution in [3.05, 3.63) is 41.8 Å². The van der Waals surface area contributed by atoms with E-state index in [1.165, 1.54) is 0 Å². The average Bonchev–Trinajstić information content (AvgIpc) is 2.90. The van der Waals surface area contributed by atoms with E-state index >= 15 is 0 Å². The van der Waals surface area contributed by atoms with E-state index in [9.17, 15) is 0 Å². The first-order chi connectivity index (χ1) is 8.83. The Morgan fingerprint density at radius 1 is 1.28 bits per heavy atom. The first-order valence-electron chi connectivity index (χ1n) is 5.52. The van der Waals surface area contributed by atoms with Gasteiger partial charge in [-0.2, -0.15) is 5.26 Å². The molecule has 0 spiro atoms. The number of benzene rings is 1. The second-order valence-electron chi connectivity index (χ2n) is 3.47. The van der Waals surface area contributed by atoms with Gasteiger partial charge in [-0.25, -0.2) is 0 Å². The van der Waals surface area contributed by atoms with Gasteiger partial charge in [-0.1, -0.05) is 5.16 Å². The fourth-order valence-electron chi connectivity index (χ4n) is 1.43. The Morgan fingerprint density at radius 3 is 2.83 bits per heavy atom. The number of rotatable bonds is 5. The first kappa shape index (κ1) is 12.0. The van der Waals surface area contributed by atoms with Crippen LogP contribution < -0.4 is 9.47 Å². The Kier molecular flexibility index (Phi) is 3.82. The van der Waals surface area contributed by atoms with E-state index < -0.39 is 0 Å². The molecule has 1 aromatic heterocycles. The molecule has 0 bridgehead atoms. The van der Waals surface area contributed by atoms with Gasteiger partial charge in [0, 0.05) is 12.1 Å². The van der Waals surface area contributed by atoms with Gasteiger partial charge in [-0.05, 0) is 19.1 Å². The molecule has 0 radical (unpaired) electrons. The topological polar surface area (TPSA) is 68.3 Å². The molecule has 1 aromatic carbocycles. The van der Waals surface area contributed by atoms with Gasteiger partial charge in [0.15, 0.2) is 17.3 Å². The zero-order valence-electron chi connectivity index (χ0n) is 9.92. The molecule has 0 aliphatic carbocycles. The normalized spacial score (nSPS) is 9.78. The van der Waals surface area contributed by atoms with E-state index in [2.05, 4.69) is 11.2 Å². The minimum absolute atomic E-state index is 0.270. The smallest absolute Gasteiger partial charge is 0.174 e. The fourth-order valence-corrected chi connectivity index (χ4v) is 1.43. The fraction of sp³-hybridized carbons (Fsp3) is 0.231. The lowest BCUT2D eigenvalue weighted by Gasteiger charge is -2.10. The highest BCUT2D eigenvalue weighted by molar-refractivity contribution is 5.46. The van der Waals surface area contributed by atoms with Gasteiger partial charge in [0.2, 0.25) is 0 Å². The predicted octanol–water partition coefficient (Wildman–Crippen LogP) is 2.52.